The molecule has 0 spiro atoms. The standard InChI is InChI=1S/C12H8O2/c13-12(14)11-8-5-3-1-2-4-7(8)9-6-10(9)11/h1-5H,6H2,(H,13,14). The molecule has 0 aromatic rings. The smallest absolute Gasteiger partial charge is 0.336 e. The predicted molar refractivity (Wildman–Crippen MR) is 52.8 cm³/mol. The SMILES string of the molecule is O=C(O)c1c2cccccc-2c2c1C2. The maximum absolute atomic E-state index is 11.0. The van der Waals surface area contributed by atoms with Gasteiger partial charge in [0, 0.05) is 0 Å². The summed E-state index contributed by atoms with van der Waals surface area (Å²) in [4.78, 5) is 11.0. The van der Waals surface area contributed by atoms with Gasteiger partial charge in [-0.05, 0) is 28.7 Å². The average molecular weight is 184 g/mol. The predicted octanol–water partition coefficient (Wildman–Crippen LogP) is 2.39. The van der Waals surface area contributed by atoms with Crippen LogP contribution in [0, 0.1) is 0 Å². The Hall–Kier alpha value is -1.83. The maximum atomic E-state index is 11.0. The first kappa shape index (κ1) is 7.56. The van der Waals surface area contributed by atoms with Crippen LogP contribution in [0.1, 0.15) is 21.5 Å². The van der Waals surface area contributed by atoms with E-state index in [1.165, 1.54) is 5.56 Å². The van der Waals surface area contributed by atoms with Gasteiger partial charge in [0.25, 0.3) is 0 Å². The van der Waals surface area contributed by atoms with Crippen LogP contribution in [-0.4, -0.2) is 11.1 Å². The van der Waals surface area contributed by atoms with Crippen molar-refractivity contribution < 1.29 is 9.90 Å². The average Bonchev–Trinajstić information content (AvgIpc) is 2.87. The van der Waals surface area contributed by atoms with Crippen molar-refractivity contribution in [3.05, 3.63) is 47.0 Å². The van der Waals surface area contributed by atoms with Crippen molar-refractivity contribution in [2.45, 2.75) is 6.42 Å². The molecule has 1 N–H and O–H groups in total. The van der Waals surface area contributed by atoms with Crippen molar-refractivity contribution in [1.82, 2.24) is 0 Å². The van der Waals surface area contributed by atoms with Crippen LogP contribution in [0.15, 0.2) is 30.3 Å². The third-order valence-corrected chi connectivity index (χ3v) is 2.74. The maximum Gasteiger partial charge on any atom is 0.336 e. The summed E-state index contributed by atoms with van der Waals surface area (Å²) in [5.74, 6) is -0.806. The largest absolute Gasteiger partial charge is 0.478 e. The molecule has 0 heterocycles. The second-order valence-electron chi connectivity index (χ2n) is 3.55. The first-order valence-corrected chi connectivity index (χ1v) is 4.55. The molecule has 0 bridgehead atoms. The zero-order valence-corrected chi connectivity index (χ0v) is 7.45. The van der Waals surface area contributed by atoms with Crippen molar-refractivity contribution in [2.24, 2.45) is 0 Å². The Morgan fingerprint density at radius 3 is 2.50 bits per heavy atom. The zero-order chi connectivity index (χ0) is 9.71. The summed E-state index contributed by atoms with van der Waals surface area (Å²) < 4.78 is 0. The van der Waals surface area contributed by atoms with E-state index in [1.807, 2.05) is 30.3 Å². The first-order chi connectivity index (χ1) is 6.79. The Morgan fingerprint density at radius 2 is 1.79 bits per heavy atom. The molecule has 0 fully saturated rings. The molecule has 68 valence electrons. The van der Waals surface area contributed by atoms with Crippen molar-refractivity contribution in [3.8, 4) is 11.1 Å². The lowest BCUT2D eigenvalue weighted by molar-refractivity contribution is 0.0698. The van der Waals surface area contributed by atoms with Gasteiger partial charge in [-0.15, -0.1) is 0 Å². The third kappa shape index (κ3) is 0.826. The Labute approximate surface area is 81.1 Å². The van der Waals surface area contributed by atoms with Gasteiger partial charge in [-0.2, -0.15) is 0 Å². The van der Waals surface area contributed by atoms with Gasteiger partial charge < -0.3 is 5.11 Å². The molecule has 0 atom stereocenters. The summed E-state index contributed by atoms with van der Waals surface area (Å²) in [6.45, 7) is 0. The molecule has 0 aliphatic heterocycles. The van der Waals surface area contributed by atoms with Crippen molar-refractivity contribution >= 4 is 5.97 Å². The highest BCUT2D eigenvalue weighted by atomic mass is 16.4. The van der Waals surface area contributed by atoms with E-state index in [1.54, 1.807) is 0 Å². The third-order valence-electron chi connectivity index (χ3n) is 2.74. The minimum atomic E-state index is -0.806. The van der Waals surface area contributed by atoms with Gasteiger partial charge in [0.05, 0.1) is 5.56 Å². The van der Waals surface area contributed by atoms with E-state index in [9.17, 15) is 4.79 Å². The number of fused-ring (bicyclic) bond motifs is 3. The molecule has 0 unspecified atom stereocenters. The molecule has 0 saturated carbocycles. The first-order valence-electron chi connectivity index (χ1n) is 4.55. The lowest BCUT2D eigenvalue weighted by atomic mass is 10.1. The Bertz CT molecular complexity index is 514. The highest BCUT2D eigenvalue weighted by Crippen LogP contribution is 2.46. The lowest BCUT2D eigenvalue weighted by Crippen LogP contribution is -1.97. The molecule has 0 radical (unpaired) electrons. The van der Waals surface area contributed by atoms with Crippen LogP contribution in [0.5, 0.6) is 0 Å². The summed E-state index contributed by atoms with van der Waals surface area (Å²) in [5, 5.41) is 9.07. The van der Waals surface area contributed by atoms with Gasteiger partial charge in [0.2, 0.25) is 0 Å². The van der Waals surface area contributed by atoms with Crippen molar-refractivity contribution in [3.63, 3.8) is 0 Å². The fraction of sp³-hybridized carbons (Fsp3) is 0.0833. The van der Waals surface area contributed by atoms with E-state index in [2.05, 4.69) is 0 Å². The van der Waals surface area contributed by atoms with Gasteiger partial charge >= 0.3 is 5.97 Å². The number of hydrogen-bond acceptors (Lipinski definition) is 1. The molecule has 0 amide bonds. The van der Waals surface area contributed by atoms with Gasteiger partial charge in [-0.25, -0.2) is 4.79 Å². The van der Waals surface area contributed by atoms with Crippen LogP contribution in [-0.2, 0) is 6.42 Å². The molecule has 3 aliphatic carbocycles. The van der Waals surface area contributed by atoms with Gasteiger partial charge in [-0.3, -0.25) is 0 Å². The molecule has 0 saturated heterocycles. The van der Waals surface area contributed by atoms with E-state index in [0.717, 1.165) is 23.1 Å². The monoisotopic (exact) mass is 184 g/mol. The molecular formula is C12H8O2. The normalized spacial score (nSPS) is 12.6. The highest BCUT2D eigenvalue weighted by Gasteiger charge is 2.34. The summed E-state index contributed by atoms with van der Waals surface area (Å²) in [7, 11) is 0. The number of hydrogen-bond donors (Lipinski definition) is 1. The number of aromatic carboxylic acids is 1. The minimum absolute atomic E-state index is 0.506. The summed E-state index contributed by atoms with van der Waals surface area (Å²) in [6.07, 6.45) is 0.860. The Morgan fingerprint density at radius 1 is 1.07 bits per heavy atom. The van der Waals surface area contributed by atoms with Gasteiger partial charge in [-0.1, -0.05) is 30.3 Å². The van der Waals surface area contributed by atoms with Crippen LogP contribution in [0.4, 0.5) is 0 Å². The molecule has 3 rings (SSSR count). The molecule has 2 heteroatoms. The van der Waals surface area contributed by atoms with E-state index >= 15 is 0 Å². The second kappa shape index (κ2) is 2.35. The second-order valence-corrected chi connectivity index (χ2v) is 3.55. The number of carbonyl (C=O) groups is 1. The quantitative estimate of drug-likeness (QED) is 0.630. The summed E-state index contributed by atoms with van der Waals surface area (Å²) in [5.41, 5.74) is 4.72. The highest BCUT2D eigenvalue weighted by molar-refractivity contribution is 6.04. The number of carboxylic acid groups (broad SMARTS) is 1. The topological polar surface area (TPSA) is 37.3 Å². The summed E-state index contributed by atoms with van der Waals surface area (Å²) in [6, 6.07) is 9.62. The van der Waals surface area contributed by atoms with Crippen molar-refractivity contribution in [1.29, 1.82) is 0 Å². The lowest BCUT2D eigenvalue weighted by Gasteiger charge is -1.98. The molecule has 0 aromatic carbocycles. The van der Waals surface area contributed by atoms with Crippen molar-refractivity contribution in [2.75, 3.05) is 0 Å². The van der Waals surface area contributed by atoms with E-state index in [-0.39, 0.29) is 0 Å². The molecule has 14 heavy (non-hydrogen) atoms. The number of rotatable bonds is 1. The molecular weight excluding hydrogens is 176 g/mol. The molecule has 2 nitrogen and oxygen atoms in total. The zero-order valence-electron chi connectivity index (χ0n) is 7.45. The van der Waals surface area contributed by atoms with Crippen LogP contribution in [0.25, 0.3) is 11.1 Å². The van der Waals surface area contributed by atoms with Crippen LogP contribution >= 0.6 is 0 Å². The van der Waals surface area contributed by atoms with Crippen LogP contribution in [0.3, 0.4) is 0 Å². The minimum Gasteiger partial charge on any atom is -0.478 e. The van der Waals surface area contributed by atoms with Crippen LogP contribution in [0.2, 0.25) is 0 Å². The van der Waals surface area contributed by atoms with E-state index in [0.29, 0.717) is 5.56 Å². The Balaban J connectivity index is 2.38. The fourth-order valence-corrected chi connectivity index (χ4v) is 2.06. The van der Waals surface area contributed by atoms with E-state index < -0.39 is 5.97 Å². The van der Waals surface area contributed by atoms with Gasteiger partial charge in [0.1, 0.15) is 0 Å². The van der Waals surface area contributed by atoms with Crippen LogP contribution < -0.4 is 0 Å². The van der Waals surface area contributed by atoms with Gasteiger partial charge in [0.15, 0.2) is 0 Å². The van der Waals surface area contributed by atoms with E-state index in [4.69, 9.17) is 5.11 Å². The Kier molecular flexibility index (Phi) is 1.27. The number of carboxylic acids is 1. The molecule has 3 aliphatic rings. The molecule has 0 aromatic heterocycles. The fourth-order valence-electron chi connectivity index (χ4n) is 2.06. The summed E-state index contributed by atoms with van der Waals surface area (Å²) >= 11 is 0.